The molecule has 0 radical (unpaired) electrons. The molecule has 0 aromatic rings. The van der Waals surface area contributed by atoms with Gasteiger partial charge in [0.25, 0.3) is 0 Å². The van der Waals surface area contributed by atoms with E-state index in [9.17, 15) is 10.2 Å². The molecule has 0 spiro atoms. The monoisotopic (exact) mass is 438 g/mol. The molecule has 2 nitrogen and oxygen atoms in total. The van der Waals surface area contributed by atoms with Crippen molar-refractivity contribution in [1.82, 2.24) is 0 Å². The summed E-state index contributed by atoms with van der Waals surface area (Å²) in [5.41, 5.74) is 3.77. The van der Waals surface area contributed by atoms with Crippen LogP contribution in [-0.4, -0.2) is 21.9 Å². The minimum Gasteiger partial charge on any atom is -0.393 e. The van der Waals surface area contributed by atoms with Crippen LogP contribution in [0.4, 0.5) is 0 Å². The van der Waals surface area contributed by atoms with Gasteiger partial charge in [-0.2, -0.15) is 0 Å². The van der Waals surface area contributed by atoms with Crippen LogP contribution < -0.4 is 0 Å². The van der Waals surface area contributed by atoms with Crippen LogP contribution in [0.25, 0.3) is 0 Å². The van der Waals surface area contributed by atoms with E-state index in [0.717, 1.165) is 32.1 Å². The van der Waals surface area contributed by atoms with E-state index < -0.39 is 5.60 Å². The van der Waals surface area contributed by atoms with Gasteiger partial charge in [0.15, 0.2) is 0 Å². The Labute approximate surface area is 196 Å². The molecular formula is C30H46O2. The highest BCUT2D eigenvalue weighted by atomic mass is 16.3. The molecule has 3 saturated carbocycles. The van der Waals surface area contributed by atoms with E-state index >= 15 is 0 Å². The van der Waals surface area contributed by atoms with Crippen LogP contribution in [0, 0.1) is 23.2 Å². The number of hydrogen-bond acceptors (Lipinski definition) is 2. The molecule has 0 heterocycles. The fourth-order valence-electron chi connectivity index (χ4n) is 6.63. The number of rotatable bonds is 7. The van der Waals surface area contributed by atoms with Gasteiger partial charge in [0.2, 0.25) is 0 Å². The zero-order valence-electron chi connectivity index (χ0n) is 20.9. The summed E-state index contributed by atoms with van der Waals surface area (Å²) in [6.45, 7) is 13.2. The minimum atomic E-state index is -0.671. The SMILES string of the molecule is C=C1CC[C@H](O)C/C1=C/C=C1\CCC[C@]2(C)C(C(C)/C=C/C=C/C(O)(CC)CC)CC[C@@H]12. The Morgan fingerprint density at radius 1 is 1.12 bits per heavy atom. The molecule has 3 aliphatic rings. The van der Waals surface area contributed by atoms with E-state index in [0.29, 0.717) is 23.2 Å². The summed E-state index contributed by atoms with van der Waals surface area (Å²) in [7, 11) is 0. The first-order valence-electron chi connectivity index (χ1n) is 13.1. The third kappa shape index (κ3) is 5.57. The van der Waals surface area contributed by atoms with Crippen LogP contribution in [0.1, 0.15) is 91.9 Å². The lowest BCUT2D eigenvalue weighted by molar-refractivity contribution is 0.0828. The molecule has 2 heteroatoms. The van der Waals surface area contributed by atoms with Crippen molar-refractivity contribution in [1.29, 1.82) is 0 Å². The maximum absolute atomic E-state index is 10.5. The molecule has 32 heavy (non-hydrogen) atoms. The average Bonchev–Trinajstić information content (AvgIpc) is 3.14. The second kappa shape index (κ2) is 10.7. The lowest BCUT2D eigenvalue weighted by atomic mass is 9.61. The van der Waals surface area contributed by atoms with Crippen molar-refractivity contribution in [3.8, 4) is 0 Å². The summed E-state index contributed by atoms with van der Waals surface area (Å²) in [5, 5.41) is 20.5. The highest BCUT2D eigenvalue weighted by molar-refractivity contribution is 5.36. The highest BCUT2D eigenvalue weighted by Crippen LogP contribution is 2.59. The first-order chi connectivity index (χ1) is 15.2. The van der Waals surface area contributed by atoms with Gasteiger partial charge in [-0.25, -0.2) is 0 Å². The Balaban J connectivity index is 1.70. The van der Waals surface area contributed by atoms with E-state index in [1.54, 1.807) is 5.57 Å². The topological polar surface area (TPSA) is 40.5 Å². The van der Waals surface area contributed by atoms with Gasteiger partial charge >= 0.3 is 0 Å². The van der Waals surface area contributed by atoms with E-state index in [1.165, 1.54) is 43.3 Å². The predicted molar refractivity (Wildman–Crippen MR) is 136 cm³/mol. The molecule has 0 saturated heterocycles. The van der Waals surface area contributed by atoms with Gasteiger partial charge in [0.05, 0.1) is 11.7 Å². The van der Waals surface area contributed by atoms with Crippen LogP contribution in [0.2, 0.25) is 0 Å². The molecule has 0 amide bonds. The molecule has 2 N–H and O–H groups in total. The third-order valence-corrected chi connectivity index (χ3v) is 9.02. The molecule has 0 aromatic heterocycles. The lowest BCUT2D eigenvalue weighted by Crippen LogP contribution is -2.35. The summed E-state index contributed by atoms with van der Waals surface area (Å²) >= 11 is 0. The largest absolute Gasteiger partial charge is 0.393 e. The van der Waals surface area contributed by atoms with Crippen LogP contribution in [0.5, 0.6) is 0 Å². The molecule has 0 bridgehead atoms. The van der Waals surface area contributed by atoms with Crippen LogP contribution in [0.3, 0.4) is 0 Å². The van der Waals surface area contributed by atoms with Gasteiger partial charge in [-0.1, -0.05) is 81.9 Å². The van der Waals surface area contributed by atoms with Crippen LogP contribution >= 0.6 is 0 Å². The van der Waals surface area contributed by atoms with Crippen molar-refractivity contribution in [3.05, 3.63) is 59.8 Å². The van der Waals surface area contributed by atoms with E-state index in [-0.39, 0.29) is 6.10 Å². The molecule has 3 rings (SSSR count). The summed E-state index contributed by atoms with van der Waals surface area (Å²) < 4.78 is 0. The Kier molecular flexibility index (Phi) is 8.44. The highest BCUT2D eigenvalue weighted by Gasteiger charge is 2.50. The molecule has 0 aliphatic heterocycles. The first kappa shape index (κ1) is 25.2. The Hall–Kier alpha value is -1.38. The standard InChI is InChI=1S/C30H46O2/c1-6-30(32,7-2)20-9-8-11-23(4)27-17-18-28-24(12-10-19-29(27,28)5)14-15-25-21-26(31)16-13-22(25)3/h8-9,11,14-15,20,23,26-28,31-32H,3,6-7,10,12-13,16-19,21H2,1-2,4-5H3/b11-8+,20-9+,24-14+,25-15-/t23?,26-,27?,28-,29+/m0/s1. The summed E-state index contributed by atoms with van der Waals surface area (Å²) in [6, 6.07) is 0. The fraction of sp³-hybridized carbons (Fsp3) is 0.667. The van der Waals surface area contributed by atoms with E-state index in [2.05, 4.69) is 44.7 Å². The predicted octanol–water partition coefficient (Wildman–Crippen LogP) is 7.46. The zero-order valence-corrected chi connectivity index (χ0v) is 20.9. The number of fused-ring (bicyclic) bond motifs is 1. The van der Waals surface area contributed by atoms with Crippen molar-refractivity contribution >= 4 is 0 Å². The van der Waals surface area contributed by atoms with Gasteiger partial charge in [-0.3, -0.25) is 0 Å². The third-order valence-electron chi connectivity index (χ3n) is 9.02. The Morgan fingerprint density at radius 3 is 2.59 bits per heavy atom. The second-order valence-corrected chi connectivity index (χ2v) is 10.9. The van der Waals surface area contributed by atoms with Crippen LogP contribution in [-0.2, 0) is 0 Å². The van der Waals surface area contributed by atoms with Crippen molar-refractivity contribution in [2.45, 2.75) is 104 Å². The van der Waals surface area contributed by atoms with Crippen molar-refractivity contribution in [2.24, 2.45) is 23.2 Å². The van der Waals surface area contributed by atoms with Crippen molar-refractivity contribution in [3.63, 3.8) is 0 Å². The average molecular weight is 439 g/mol. The smallest absolute Gasteiger partial charge is 0.0825 e. The maximum Gasteiger partial charge on any atom is 0.0825 e. The normalized spacial score (nSPS) is 35.3. The molecule has 5 atom stereocenters. The van der Waals surface area contributed by atoms with E-state index in [1.807, 2.05) is 26.0 Å². The van der Waals surface area contributed by atoms with Crippen molar-refractivity contribution < 1.29 is 10.2 Å². The minimum absolute atomic E-state index is 0.204. The number of allylic oxidation sites excluding steroid dienone is 7. The van der Waals surface area contributed by atoms with Gasteiger partial charge < -0.3 is 10.2 Å². The van der Waals surface area contributed by atoms with Gasteiger partial charge in [-0.05, 0) is 93.0 Å². The van der Waals surface area contributed by atoms with Crippen LogP contribution in [0.15, 0.2) is 59.8 Å². The zero-order chi connectivity index (χ0) is 23.4. The molecule has 2 unspecified atom stereocenters. The molecule has 178 valence electrons. The Bertz CT molecular complexity index is 779. The second-order valence-electron chi connectivity index (χ2n) is 10.9. The van der Waals surface area contributed by atoms with Gasteiger partial charge in [-0.15, -0.1) is 0 Å². The quantitative estimate of drug-likeness (QED) is 0.405. The summed E-state index contributed by atoms with van der Waals surface area (Å²) in [4.78, 5) is 0. The van der Waals surface area contributed by atoms with Gasteiger partial charge in [0.1, 0.15) is 0 Å². The fourth-order valence-corrected chi connectivity index (χ4v) is 6.63. The summed E-state index contributed by atoms with van der Waals surface area (Å²) in [6.07, 6.45) is 23.4. The number of hydrogen-bond donors (Lipinski definition) is 2. The first-order valence-corrected chi connectivity index (χ1v) is 13.1. The van der Waals surface area contributed by atoms with Crippen molar-refractivity contribution in [2.75, 3.05) is 0 Å². The number of aliphatic hydroxyl groups is 2. The lowest BCUT2D eigenvalue weighted by Gasteiger charge is -2.44. The molecule has 0 aromatic carbocycles. The van der Waals surface area contributed by atoms with E-state index in [4.69, 9.17) is 0 Å². The number of aliphatic hydroxyl groups excluding tert-OH is 1. The van der Waals surface area contributed by atoms with Gasteiger partial charge in [0, 0.05) is 0 Å². The maximum atomic E-state index is 10.5. The molecule has 3 aliphatic carbocycles. The summed E-state index contributed by atoms with van der Waals surface area (Å²) in [5.74, 6) is 1.92. The Morgan fingerprint density at radius 2 is 1.88 bits per heavy atom. The molecule has 3 fully saturated rings. The molecular weight excluding hydrogens is 392 g/mol.